The summed E-state index contributed by atoms with van der Waals surface area (Å²) < 4.78 is 11.4. The summed E-state index contributed by atoms with van der Waals surface area (Å²) in [5.74, 6) is 3.01. The van der Waals surface area contributed by atoms with Crippen LogP contribution in [0.1, 0.15) is 23.8 Å². The lowest BCUT2D eigenvalue weighted by Crippen LogP contribution is -2.25. The van der Waals surface area contributed by atoms with E-state index in [9.17, 15) is 0 Å². The summed E-state index contributed by atoms with van der Waals surface area (Å²) in [4.78, 5) is 0. The first-order valence-corrected chi connectivity index (χ1v) is 7.23. The molecule has 3 rings (SSSR count). The molecule has 1 atom stereocenters. The van der Waals surface area contributed by atoms with Gasteiger partial charge < -0.3 is 14.8 Å². The van der Waals surface area contributed by atoms with Crippen LogP contribution in [0.3, 0.4) is 0 Å². The molecule has 0 amide bonds. The number of nitrogens with one attached hydrogen (secondary N) is 1. The zero-order chi connectivity index (χ0) is 11.5. The topological polar surface area (TPSA) is 30.5 Å². The number of benzene rings is 1. The molecule has 17 heavy (non-hydrogen) atoms. The molecule has 92 valence electrons. The largest absolute Gasteiger partial charge is 0.490 e. The highest BCUT2D eigenvalue weighted by Gasteiger charge is 2.18. The molecule has 3 nitrogen and oxygen atoms in total. The number of fused-ring (bicyclic) bond motifs is 1. The number of thioether (sulfide) groups is 1. The molecule has 0 bridgehead atoms. The monoisotopic (exact) mass is 251 g/mol. The zero-order valence-electron chi connectivity index (χ0n) is 9.78. The average molecular weight is 251 g/mol. The van der Waals surface area contributed by atoms with Crippen LogP contribution in [-0.2, 0) is 0 Å². The van der Waals surface area contributed by atoms with E-state index in [1.54, 1.807) is 0 Å². The summed E-state index contributed by atoms with van der Waals surface area (Å²) in [6.07, 6.45) is 2.21. The lowest BCUT2D eigenvalue weighted by atomic mass is 10.2. The van der Waals surface area contributed by atoms with Crippen molar-refractivity contribution in [1.29, 1.82) is 0 Å². The first-order chi connectivity index (χ1) is 8.43. The second-order valence-electron chi connectivity index (χ2n) is 4.32. The molecule has 2 heterocycles. The van der Waals surface area contributed by atoms with E-state index in [0.29, 0.717) is 5.37 Å². The zero-order valence-corrected chi connectivity index (χ0v) is 10.6. The molecule has 1 N–H and O–H groups in total. The van der Waals surface area contributed by atoms with E-state index < -0.39 is 0 Å². The molecule has 1 fully saturated rings. The van der Waals surface area contributed by atoms with Gasteiger partial charge in [0.2, 0.25) is 0 Å². The third-order valence-corrected chi connectivity index (χ3v) is 4.31. The molecule has 1 aromatic rings. The van der Waals surface area contributed by atoms with E-state index in [4.69, 9.17) is 9.47 Å². The fourth-order valence-corrected chi connectivity index (χ4v) is 3.24. The Kier molecular flexibility index (Phi) is 3.43. The summed E-state index contributed by atoms with van der Waals surface area (Å²) in [7, 11) is 0. The minimum atomic E-state index is 0.404. The highest BCUT2D eigenvalue weighted by molar-refractivity contribution is 7.99. The normalized spacial score (nSPS) is 24.1. The Hall–Kier alpha value is -0.870. The molecule has 1 aromatic carbocycles. The fraction of sp³-hybridized carbons (Fsp3) is 0.538. The quantitative estimate of drug-likeness (QED) is 0.831. The van der Waals surface area contributed by atoms with E-state index in [-0.39, 0.29) is 0 Å². The van der Waals surface area contributed by atoms with Gasteiger partial charge in [0.05, 0.1) is 18.6 Å². The highest BCUT2D eigenvalue weighted by Crippen LogP contribution is 2.36. The van der Waals surface area contributed by atoms with Crippen molar-refractivity contribution in [1.82, 2.24) is 5.32 Å². The summed E-state index contributed by atoms with van der Waals surface area (Å²) in [6, 6.07) is 6.30. The van der Waals surface area contributed by atoms with E-state index in [2.05, 4.69) is 17.4 Å². The van der Waals surface area contributed by atoms with Gasteiger partial charge in [-0.05, 0) is 36.4 Å². The number of ether oxygens (including phenoxy) is 2. The van der Waals surface area contributed by atoms with Crippen molar-refractivity contribution in [2.75, 3.05) is 25.5 Å². The van der Waals surface area contributed by atoms with Gasteiger partial charge in [-0.2, -0.15) is 0 Å². The van der Waals surface area contributed by atoms with Crippen LogP contribution in [0.4, 0.5) is 0 Å². The van der Waals surface area contributed by atoms with Crippen LogP contribution in [0.15, 0.2) is 18.2 Å². The Morgan fingerprint density at radius 1 is 1.12 bits per heavy atom. The van der Waals surface area contributed by atoms with Crippen LogP contribution >= 0.6 is 11.8 Å². The lowest BCUT2D eigenvalue weighted by molar-refractivity contribution is 0.297. The molecule has 4 heteroatoms. The van der Waals surface area contributed by atoms with Gasteiger partial charge in [0.15, 0.2) is 11.5 Å². The molecular weight excluding hydrogens is 234 g/mol. The summed E-state index contributed by atoms with van der Waals surface area (Å²) in [6.45, 7) is 2.61. The molecule has 1 unspecified atom stereocenters. The van der Waals surface area contributed by atoms with Crippen molar-refractivity contribution in [2.24, 2.45) is 0 Å². The first kappa shape index (κ1) is 11.2. The Bertz CT molecular complexity index is 391. The predicted molar refractivity (Wildman–Crippen MR) is 69.9 cm³/mol. The number of rotatable bonds is 1. The van der Waals surface area contributed by atoms with Crippen LogP contribution in [0.25, 0.3) is 0 Å². The molecule has 2 aliphatic rings. The molecule has 0 radical (unpaired) electrons. The Morgan fingerprint density at radius 2 is 2.00 bits per heavy atom. The van der Waals surface area contributed by atoms with E-state index >= 15 is 0 Å². The van der Waals surface area contributed by atoms with Crippen molar-refractivity contribution in [3.63, 3.8) is 0 Å². The third-order valence-electron chi connectivity index (χ3n) is 3.01. The van der Waals surface area contributed by atoms with Crippen molar-refractivity contribution in [2.45, 2.75) is 18.2 Å². The molecule has 0 aromatic heterocycles. The Morgan fingerprint density at radius 3 is 2.82 bits per heavy atom. The Labute approximate surface area is 106 Å². The molecule has 0 spiro atoms. The van der Waals surface area contributed by atoms with Crippen LogP contribution in [0.2, 0.25) is 0 Å². The van der Waals surface area contributed by atoms with Gasteiger partial charge >= 0.3 is 0 Å². The Balaban J connectivity index is 1.83. The smallest absolute Gasteiger partial charge is 0.161 e. The summed E-state index contributed by atoms with van der Waals surface area (Å²) in [5.41, 5.74) is 1.29. The van der Waals surface area contributed by atoms with Gasteiger partial charge in [0, 0.05) is 6.42 Å². The summed E-state index contributed by atoms with van der Waals surface area (Å²) >= 11 is 1.96. The third kappa shape index (κ3) is 2.53. The SMILES string of the molecule is c1cc2c(cc1C1NCCCS1)OCCCO2. The first-order valence-electron chi connectivity index (χ1n) is 6.18. The maximum Gasteiger partial charge on any atom is 0.161 e. The van der Waals surface area contributed by atoms with Gasteiger partial charge in [-0.25, -0.2) is 0 Å². The average Bonchev–Trinajstić information content (AvgIpc) is 2.64. The van der Waals surface area contributed by atoms with Crippen LogP contribution in [0, 0.1) is 0 Å². The van der Waals surface area contributed by atoms with Crippen molar-refractivity contribution >= 4 is 11.8 Å². The standard InChI is InChI=1S/C13H17NO2S/c1-5-14-13(17-8-1)10-3-4-11-12(9-10)16-7-2-6-15-11/h3-4,9,13-14H,1-2,5-8H2. The van der Waals surface area contributed by atoms with Crippen LogP contribution < -0.4 is 14.8 Å². The number of hydrogen-bond acceptors (Lipinski definition) is 4. The highest BCUT2D eigenvalue weighted by atomic mass is 32.2. The second kappa shape index (κ2) is 5.19. The molecular formula is C13H17NO2S. The maximum absolute atomic E-state index is 5.72. The minimum absolute atomic E-state index is 0.404. The molecule has 0 aliphatic carbocycles. The van der Waals surface area contributed by atoms with Crippen LogP contribution in [0.5, 0.6) is 11.5 Å². The van der Waals surface area contributed by atoms with Gasteiger partial charge in [-0.1, -0.05) is 6.07 Å². The van der Waals surface area contributed by atoms with E-state index in [1.165, 1.54) is 17.7 Å². The van der Waals surface area contributed by atoms with Gasteiger partial charge in [0.1, 0.15) is 0 Å². The van der Waals surface area contributed by atoms with Crippen LogP contribution in [-0.4, -0.2) is 25.5 Å². The molecule has 0 saturated carbocycles. The fourth-order valence-electron chi connectivity index (χ4n) is 2.12. The van der Waals surface area contributed by atoms with Gasteiger partial charge in [0.25, 0.3) is 0 Å². The maximum atomic E-state index is 5.72. The van der Waals surface area contributed by atoms with E-state index in [0.717, 1.165) is 37.7 Å². The van der Waals surface area contributed by atoms with Crippen molar-refractivity contribution < 1.29 is 9.47 Å². The van der Waals surface area contributed by atoms with Gasteiger partial charge in [-0.3, -0.25) is 0 Å². The summed E-state index contributed by atoms with van der Waals surface area (Å²) in [5, 5.41) is 3.93. The van der Waals surface area contributed by atoms with Gasteiger partial charge in [-0.15, -0.1) is 11.8 Å². The van der Waals surface area contributed by atoms with Crippen molar-refractivity contribution in [3.8, 4) is 11.5 Å². The predicted octanol–water partition coefficient (Wildman–Crippen LogP) is 2.57. The minimum Gasteiger partial charge on any atom is -0.490 e. The lowest BCUT2D eigenvalue weighted by Gasteiger charge is -2.24. The van der Waals surface area contributed by atoms with E-state index in [1.807, 2.05) is 17.8 Å². The number of hydrogen-bond donors (Lipinski definition) is 1. The molecule has 1 saturated heterocycles. The van der Waals surface area contributed by atoms with Crippen molar-refractivity contribution in [3.05, 3.63) is 23.8 Å². The molecule has 2 aliphatic heterocycles. The second-order valence-corrected chi connectivity index (χ2v) is 5.53.